The summed E-state index contributed by atoms with van der Waals surface area (Å²) in [5, 5.41) is 7.07. The van der Waals surface area contributed by atoms with Gasteiger partial charge in [0, 0.05) is 38.4 Å². The van der Waals surface area contributed by atoms with Crippen molar-refractivity contribution in [2.24, 2.45) is 0 Å². The zero-order valence-corrected chi connectivity index (χ0v) is 26.7. The maximum Gasteiger partial charge on any atom is 0.124 e. The summed E-state index contributed by atoms with van der Waals surface area (Å²) >= 11 is 1.73. The van der Waals surface area contributed by atoms with Crippen LogP contribution in [0.5, 0.6) is 0 Å². The van der Waals surface area contributed by atoms with E-state index in [1.165, 1.54) is 48.4 Å². The molecule has 0 bridgehead atoms. The van der Waals surface area contributed by atoms with Crippen molar-refractivity contribution in [2.45, 2.75) is 0 Å². The molecule has 0 amide bonds. The van der Waals surface area contributed by atoms with Crippen LogP contribution < -0.4 is 0 Å². The topological polar surface area (TPSA) is 30.7 Å². The lowest BCUT2D eigenvalue weighted by atomic mass is 9.96. The molecule has 0 aliphatic rings. The van der Waals surface area contributed by atoms with Gasteiger partial charge in [-0.15, -0.1) is 11.3 Å². The van der Waals surface area contributed by atoms with E-state index in [0.717, 1.165) is 43.9 Å². The minimum atomic E-state index is 0.994. The Bertz CT molecular complexity index is 2780. The van der Waals surface area contributed by atoms with Crippen LogP contribution in [0.2, 0.25) is 0 Å². The minimum absolute atomic E-state index is 0.994. The lowest BCUT2D eigenvalue weighted by molar-refractivity contribution is 1.18. The number of rotatable bonds is 4. The Morgan fingerprint density at radius 3 is 1.79 bits per heavy atom. The monoisotopic (exact) mass is 629 g/mol. The Hall–Kier alpha value is -6.10. The summed E-state index contributed by atoms with van der Waals surface area (Å²) in [5.74, 6) is 0. The van der Waals surface area contributed by atoms with Crippen molar-refractivity contribution >= 4 is 65.0 Å². The highest BCUT2D eigenvalue weighted by Crippen LogP contribution is 2.40. The van der Waals surface area contributed by atoms with Crippen molar-refractivity contribution < 1.29 is 0 Å². The van der Waals surface area contributed by atoms with Gasteiger partial charge in [0.15, 0.2) is 0 Å². The molecule has 0 atom stereocenters. The zero-order valence-electron chi connectivity index (χ0n) is 25.8. The molecule has 3 nitrogen and oxygen atoms in total. The van der Waals surface area contributed by atoms with Crippen molar-refractivity contribution in [3.05, 3.63) is 164 Å². The van der Waals surface area contributed by atoms with E-state index in [4.69, 9.17) is 9.97 Å². The lowest BCUT2D eigenvalue weighted by Gasteiger charge is -2.13. The molecule has 0 aliphatic carbocycles. The molecule has 0 fully saturated rings. The van der Waals surface area contributed by atoms with E-state index in [1.807, 2.05) is 6.07 Å². The fourth-order valence-corrected chi connectivity index (χ4v) is 8.08. The molecule has 3 heterocycles. The van der Waals surface area contributed by atoms with Crippen LogP contribution in [0.4, 0.5) is 0 Å². The van der Waals surface area contributed by atoms with E-state index in [9.17, 15) is 0 Å². The number of para-hydroxylation sites is 4. The van der Waals surface area contributed by atoms with Crippen LogP contribution in [0.1, 0.15) is 0 Å². The fourth-order valence-electron chi connectivity index (χ4n) is 7.11. The fraction of sp³-hybridized carbons (Fsp3) is 0. The minimum Gasteiger partial charge on any atom is -0.309 e. The van der Waals surface area contributed by atoms with Crippen LogP contribution in [-0.4, -0.2) is 14.5 Å². The first-order valence-corrected chi connectivity index (χ1v) is 17.0. The summed E-state index contributed by atoms with van der Waals surface area (Å²) in [6, 6.07) is 58.5. The largest absolute Gasteiger partial charge is 0.309 e. The zero-order chi connectivity index (χ0) is 31.6. The third-order valence-corrected chi connectivity index (χ3v) is 10.5. The molecule has 0 unspecified atom stereocenters. The molecule has 224 valence electrons. The number of fused-ring (bicyclic) bond motifs is 7. The highest BCUT2D eigenvalue weighted by molar-refractivity contribution is 7.21. The molecule has 3 aromatic heterocycles. The third kappa shape index (κ3) is 4.27. The molecule has 0 N–H and O–H groups in total. The first kappa shape index (κ1) is 27.1. The van der Waals surface area contributed by atoms with Gasteiger partial charge in [-0.1, -0.05) is 115 Å². The van der Waals surface area contributed by atoms with Crippen LogP contribution >= 0.6 is 11.3 Å². The van der Waals surface area contributed by atoms with Crippen molar-refractivity contribution in [2.75, 3.05) is 0 Å². The number of benzene rings is 7. The average molecular weight is 630 g/mol. The molecular formula is C44H27N3S. The summed E-state index contributed by atoms with van der Waals surface area (Å²) in [5.41, 5.74) is 11.2. The number of aromatic nitrogens is 3. The van der Waals surface area contributed by atoms with Crippen molar-refractivity contribution in [3.8, 4) is 38.6 Å². The number of thiazole rings is 1. The molecule has 0 aliphatic heterocycles. The maximum absolute atomic E-state index is 5.29. The quantitative estimate of drug-likeness (QED) is 0.181. The van der Waals surface area contributed by atoms with Gasteiger partial charge in [-0.25, -0.2) is 9.97 Å². The Labute approximate surface area is 281 Å². The molecule has 0 spiro atoms. The lowest BCUT2D eigenvalue weighted by Crippen LogP contribution is -1.94. The third-order valence-electron chi connectivity index (χ3n) is 9.43. The first-order chi connectivity index (χ1) is 23.8. The summed E-state index contributed by atoms with van der Waals surface area (Å²) in [6.07, 6.45) is 0. The Kier molecular flexibility index (Phi) is 6.05. The van der Waals surface area contributed by atoms with Crippen LogP contribution in [-0.2, 0) is 0 Å². The molecular weight excluding hydrogens is 603 g/mol. The number of pyridine rings is 1. The van der Waals surface area contributed by atoms with E-state index in [2.05, 4.69) is 162 Å². The molecule has 10 rings (SSSR count). The smallest absolute Gasteiger partial charge is 0.124 e. The van der Waals surface area contributed by atoms with Gasteiger partial charge in [0.05, 0.1) is 32.5 Å². The molecule has 7 aromatic carbocycles. The van der Waals surface area contributed by atoms with Crippen LogP contribution in [0.25, 0.3) is 92.3 Å². The van der Waals surface area contributed by atoms with Crippen LogP contribution in [0.15, 0.2) is 164 Å². The van der Waals surface area contributed by atoms with Gasteiger partial charge in [0.25, 0.3) is 0 Å². The average Bonchev–Trinajstić information content (AvgIpc) is 3.74. The van der Waals surface area contributed by atoms with Gasteiger partial charge in [-0.05, 0) is 65.0 Å². The summed E-state index contributed by atoms with van der Waals surface area (Å²) in [4.78, 5) is 10.1. The maximum atomic E-state index is 5.29. The van der Waals surface area contributed by atoms with Gasteiger partial charge in [-0.2, -0.15) is 0 Å². The summed E-state index contributed by atoms with van der Waals surface area (Å²) in [6.45, 7) is 0. The van der Waals surface area contributed by atoms with Crippen LogP contribution in [0.3, 0.4) is 0 Å². The second-order valence-corrected chi connectivity index (χ2v) is 13.3. The Morgan fingerprint density at radius 1 is 0.396 bits per heavy atom. The van der Waals surface area contributed by atoms with E-state index in [1.54, 1.807) is 11.3 Å². The van der Waals surface area contributed by atoms with Crippen molar-refractivity contribution in [1.82, 2.24) is 14.5 Å². The number of hydrogen-bond acceptors (Lipinski definition) is 3. The predicted octanol–water partition coefficient (Wildman–Crippen LogP) is 12.1. The summed E-state index contributed by atoms with van der Waals surface area (Å²) in [7, 11) is 0. The second kappa shape index (κ2) is 10.7. The van der Waals surface area contributed by atoms with E-state index in [0.29, 0.717) is 0 Å². The molecule has 0 saturated carbocycles. The summed E-state index contributed by atoms with van der Waals surface area (Å²) < 4.78 is 3.59. The van der Waals surface area contributed by atoms with Gasteiger partial charge in [0.2, 0.25) is 0 Å². The van der Waals surface area contributed by atoms with Gasteiger partial charge < -0.3 is 4.57 Å². The van der Waals surface area contributed by atoms with E-state index < -0.39 is 0 Å². The van der Waals surface area contributed by atoms with Gasteiger partial charge in [0.1, 0.15) is 5.01 Å². The molecule has 10 aromatic rings. The number of nitrogens with zero attached hydrogens (tertiary/aromatic N) is 3. The first-order valence-electron chi connectivity index (χ1n) is 16.2. The predicted molar refractivity (Wildman–Crippen MR) is 203 cm³/mol. The van der Waals surface area contributed by atoms with Crippen molar-refractivity contribution in [3.63, 3.8) is 0 Å². The van der Waals surface area contributed by atoms with E-state index in [-0.39, 0.29) is 0 Å². The molecule has 0 saturated heterocycles. The van der Waals surface area contributed by atoms with Crippen LogP contribution in [0, 0.1) is 0 Å². The Balaban J connectivity index is 1.11. The second-order valence-electron chi connectivity index (χ2n) is 12.2. The van der Waals surface area contributed by atoms with Gasteiger partial charge >= 0.3 is 0 Å². The normalized spacial score (nSPS) is 11.8. The molecule has 4 heteroatoms. The molecule has 48 heavy (non-hydrogen) atoms. The molecule has 0 radical (unpaired) electrons. The SMILES string of the molecule is c1ccc(-n2c3ccccc3c3cc4c(cc32)c(-c2ccc(-c3ccc(-c5nc6ccccc6s5)cc3)cc2)nc2ccccc24)cc1. The number of hydrogen-bond donors (Lipinski definition) is 0. The Morgan fingerprint density at radius 2 is 1.02 bits per heavy atom. The van der Waals surface area contributed by atoms with Gasteiger partial charge in [-0.3, -0.25) is 0 Å². The van der Waals surface area contributed by atoms with Crippen molar-refractivity contribution in [1.29, 1.82) is 0 Å². The van der Waals surface area contributed by atoms with E-state index >= 15 is 0 Å². The standard InChI is InChI=1S/C44H27N3S/c1-2-10-32(11-3-1)47-40-16-8-5-13-34(40)36-26-35-33-12-4-6-14-38(33)45-43(37(35)27-41(36)47)30-22-18-28(19-23-30)29-20-24-31(25-21-29)44-46-39-15-7-9-17-42(39)48-44/h1-27H. The highest BCUT2D eigenvalue weighted by Gasteiger charge is 2.17. The highest BCUT2D eigenvalue weighted by atomic mass is 32.1.